The van der Waals surface area contributed by atoms with Crippen LogP contribution in [0.2, 0.25) is 10.0 Å². The Hall–Kier alpha value is -2.95. The average Bonchev–Trinajstić information content (AvgIpc) is 2.99. The fourth-order valence-corrected chi connectivity index (χ4v) is 3.31. The summed E-state index contributed by atoms with van der Waals surface area (Å²) in [7, 11) is 1.61. The molecule has 0 bridgehead atoms. The zero-order chi connectivity index (χ0) is 19.7. The minimum absolute atomic E-state index is 0.201. The lowest BCUT2D eigenvalue weighted by Crippen LogP contribution is -2.03. The number of methoxy groups -OCH3 is 1. The zero-order valence-corrected chi connectivity index (χ0v) is 16.3. The largest absolute Gasteiger partial charge is 0.497 e. The van der Waals surface area contributed by atoms with Crippen LogP contribution in [0.15, 0.2) is 60.7 Å². The Kier molecular flexibility index (Phi) is 4.99. The van der Waals surface area contributed by atoms with Crippen LogP contribution in [0.25, 0.3) is 11.6 Å². The molecule has 28 heavy (non-hydrogen) atoms. The van der Waals surface area contributed by atoms with E-state index in [1.165, 1.54) is 0 Å². The summed E-state index contributed by atoms with van der Waals surface area (Å²) in [4.78, 5) is 12.5. The van der Waals surface area contributed by atoms with Gasteiger partial charge in [-0.05, 0) is 60.7 Å². The highest BCUT2D eigenvalue weighted by molar-refractivity contribution is 6.37. The highest BCUT2D eigenvalue weighted by Gasteiger charge is 2.24. The van der Waals surface area contributed by atoms with Crippen molar-refractivity contribution in [2.45, 2.75) is 0 Å². The van der Waals surface area contributed by atoms with Crippen LogP contribution in [0.1, 0.15) is 11.1 Å². The standard InChI is InChI=1S/C22H15Cl2NO3/c1-27-16-4-6-17(7-5-16)28-21-9-3-14(23)10-13(21)11-19-18-8-2-15(24)12-20(18)25-22(19)26/h2-12H,1H3,(H,25,26)/b19-11+. The molecule has 0 spiro atoms. The molecule has 0 unspecified atom stereocenters. The molecule has 3 aromatic rings. The first kappa shape index (κ1) is 18.4. The zero-order valence-electron chi connectivity index (χ0n) is 14.8. The summed E-state index contributed by atoms with van der Waals surface area (Å²) in [5, 5.41) is 3.93. The van der Waals surface area contributed by atoms with Crippen LogP contribution < -0.4 is 14.8 Å². The van der Waals surface area contributed by atoms with Crippen molar-refractivity contribution < 1.29 is 14.3 Å². The summed E-state index contributed by atoms with van der Waals surface area (Å²) in [6.45, 7) is 0. The third-order valence-corrected chi connectivity index (χ3v) is 4.79. The molecule has 0 atom stereocenters. The number of hydrogen-bond acceptors (Lipinski definition) is 3. The van der Waals surface area contributed by atoms with Crippen LogP contribution in [-0.4, -0.2) is 13.0 Å². The van der Waals surface area contributed by atoms with Crippen molar-refractivity contribution in [1.29, 1.82) is 0 Å². The Balaban J connectivity index is 1.73. The number of amides is 1. The molecule has 1 N–H and O–H groups in total. The smallest absolute Gasteiger partial charge is 0.256 e. The van der Waals surface area contributed by atoms with Gasteiger partial charge in [0.1, 0.15) is 17.2 Å². The van der Waals surface area contributed by atoms with Crippen LogP contribution in [0.5, 0.6) is 17.2 Å². The molecule has 0 radical (unpaired) electrons. The van der Waals surface area contributed by atoms with E-state index in [-0.39, 0.29) is 5.91 Å². The Bertz CT molecular complexity index is 1090. The highest BCUT2D eigenvalue weighted by Crippen LogP contribution is 2.37. The van der Waals surface area contributed by atoms with Gasteiger partial charge in [-0.1, -0.05) is 29.3 Å². The Morgan fingerprint density at radius 3 is 2.32 bits per heavy atom. The minimum atomic E-state index is -0.201. The van der Waals surface area contributed by atoms with Gasteiger partial charge in [-0.15, -0.1) is 0 Å². The van der Waals surface area contributed by atoms with Gasteiger partial charge in [0, 0.05) is 26.7 Å². The summed E-state index contributed by atoms with van der Waals surface area (Å²) in [6.07, 6.45) is 1.76. The Morgan fingerprint density at radius 1 is 0.893 bits per heavy atom. The predicted octanol–water partition coefficient (Wildman–Crippen LogP) is 6.29. The number of carbonyl (C=O) groups is 1. The third kappa shape index (κ3) is 3.70. The summed E-state index contributed by atoms with van der Waals surface area (Å²) in [5.41, 5.74) is 2.68. The van der Waals surface area contributed by atoms with Gasteiger partial charge in [-0.2, -0.15) is 0 Å². The van der Waals surface area contributed by atoms with Gasteiger partial charge < -0.3 is 14.8 Å². The molecule has 1 aliphatic heterocycles. The molecule has 140 valence electrons. The van der Waals surface area contributed by atoms with Crippen LogP contribution in [0.3, 0.4) is 0 Å². The first-order chi connectivity index (χ1) is 13.5. The van der Waals surface area contributed by atoms with Crippen molar-refractivity contribution in [2.24, 2.45) is 0 Å². The van der Waals surface area contributed by atoms with Crippen molar-refractivity contribution in [3.63, 3.8) is 0 Å². The fraction of sp³-hybridized carbons (Fsp3) is 0.0455. The van der Waals surface area contributed by atoms with Crippen molar-refractivity contribution in [3.8, 4) is 17.2 Å². The summed E-state index contributed by atoms with van der Waals surface area (Å²) in [5.74, 6) is 1.76. The maximum atomic E-state index is 12.5. The van der Waals surface area contributed by atoms with Crippen molar-refractivity contribution >= 4 is 46.4 Å². The number of hydrogen-bond donors (Lipinski definition) is 1. The van der Waals surface area contributed by atoms with E-state index in [1.54, 1.807) is 43.5 Å². The molecular weight excluding hydrogens is 397 g/mol. The summed E-state index contributed by atoms with van der Waals surface area (Å²) >= 11 is 12.2. The first-order valence-electron chi connectivity index (χ1n) is 8.48. The molecule has 0 saturated heterocycles. The van der Waals surface area contributed by atoms with Gasteiger partial charge in [0.05, 0.1) is 12.8 Å². The first-order valence-corrected chi connectivity index (χ1v) is 9.23. The lowest BCUT2D eigenvalue weighted by Gasteiger charge is -2.10. The summed E-state index contributed by atoms with van der Waals surface area (Å²) < 4.78 is 11.2. The van der Waals surface area contributed by atoms with E-state index >= 15 is 0 Å². The van der Waals surface area contributed by atoms with E-state index < -0.39 is 0 Å². The van der Waals surface area contributed by atoms with Gasteiger partial charge in [0.25, 0.3) is 5.91 Å². The monoisotopic (exact) mass is 411 g/mol. The molecule has 6 heteroatoms. The Labute approximate surface area is 172 Å². The van der Waals surface area contributed by atoms with Gasteiger partial charge in [0.15, 0.2) is 0 Å². The number of benzene rings is 3. The molecule has 3 aromatic carbocycles. The van der Waals surface area contributed by atoms with E-state index in [9.17, 15) is 4.79 Å². The van der Waals surface area contributed by atoms with Crippen molar-refractivity contribution in [3.05, 3.63) is 81.8 Å². The van der Waals surface area contributed by atoms with Crippen LogP contribution in [0.4, 0.5) is 5.69 Å². The van der Waals surface area contributed by atoms with Crippen LogP contribution in [0, 0.1) is 0 Å². The Morgan fingerprint density at radius 2 is 1.57 bits per heavy atom. The van der Waals surface area contributed by atoms with E-state index in [0.717, 1.165) is 11.3 Å². The second-order valence-electron chi connectivity index (χ2n) is 6.16. The molecule has 0 saturated carbocycles. The van der Waals surface area contributed by atoms with Crippen LogP contribution >= 0.6 is 23.2 Å². The van der Waals surface area contributed by atoms with Gasteiger partial charge in [-0.3, -0.25) is 4.79 Å². The van der Waals surface area contributed by atoms with Crippen molar-refractivity contribution in [1.82, 2.24) is 0 Å². The van der Waals surface area contributed by atoms with E-state index in [4.69, 9.17) is 32.7 Å². The number of halogens is 2. The maximum absolute atomic E-state index is 12.5. The maximum Gasteiger partial charge on any atom is 0.256 e. The lowest BCUT2D eigenvalue weighted by molar-refractivity contribution is -0.110. The molecule has 1 aliphatic rings. The molecule has 0 aliphatic carbocycles. The predicted molar refractivity (Wildman–Crippen MR) is 112 cm³/mol. The number of anilines is 1. The van der Waals surface area contributed by atoms with Gasteiger partial charge in [-0.25, -0.2) is 0 Å². The van der Waals surface area contributed by atoms with Gasteiger partial charge >= 0.3 is 0 Å². The molecule has 0 fully saturated rings. The van der Waals surface area contributed by atoms with Crippen LogP contribution in [-0.2, 0) is 4.79 Å². The molecule has 1 heterocycles. The highest BCUT2D eigenvalue weighted by atomic mass is 35.5. The van der Waals surface area contributed by atoms with E-state index in [0.29, 0.717) is 38.4 Å². The normalized spacial score (nSPS) is 14.0. The molecule has 4 nitrogen and oxygen atoms in total. The van der Waals surface area contributed by atoms with Crippen molar-refractivity contribution in [2.75, 3.05) is 12.4 Å². The molecule has 0 aromatic heterocycles. The van der Waals surface area contributed by atoms with E-state index in [2.05, 4.69) is 5.32 Å². The number of nitrogens with one attached hydrogen (secondary N) is 1. The van der Waals surface area contributed by atoms with Gasteiger partial charge in [0.2, 0.25) is 0 Å². The summed E-state index contributed by atoms with van der Waals surface area (Å²) in [6, 6.07) is 17.8. The third-order valence-electron chi connectivity index (χ3n) is 4.32. The second kappa shape index (κ2) is 7.58. The SMILES string of the molecule is COc1ccc(Oc2ccc(Cl)cc2/C=C2/C(=O)Nc3cc(Cl)ccc32)cc1. The molecule has 4 rings (SSSR count). The lowest BCUT2D eigenvalue weighted by atomic mass is 10.0. The number of carbonyl (C=O) groups excluding carboxylic acids is 1. The number of fused-ring (bicyclic) bond motifs is 1. The number of ether oxygens (including phenoxy) is 2. The second-order valence-corrected chi connectivity index (χ2v) is 7.03. The minimum Gasteiger partial charge on any atom is -0.497 e. The fourth-order valence-electron chi connectivity index (χ4n) is 2.96. The average molecular weight is 412 g/mol. The topological polar surface area (TPSA) is 47.6 Å². The molecule has 1 amide bonds. The number of rotatable bonds is 4. The molecular formula is C22H15Cl2NO3. The quantitative estimate of drug-likeness (QED) is 0.513. The van der Waals surface area contributed by atoms with E-state index in [1.807, 2.05) is 30.3 Å².